The third kappa shape index (κ3) is 35.6. The number of carbonyl (C=O) groups excluding carboxylic acids is 6. The van der Waals surface area contributed by atoms with E-state index < -0.39 is 41.0 Å². The lowest BCUT2D eigenvalue weighted by atomic mass is 9.96. The molecule has 15 aromatic rings. The first-order valence-corrected chi connectivity index (χ1v) is 49.1. The SMILES string of the molecule is CCCCc1cn(-c2ccc(CC(=O)Cc3cc(CCC(C)=O)ccc3C)cc2)nn1.CCCCc1cn(-c2ccc(CC(=O)Cc3cncc(F)c3)cc2)nn1.CCCCc1nc(-c2ccc(CC(=O)Cc3ccccc3C(F)(F)F)cc2)n[nH]1.CCCCc1nnc(-c2ccc(CC(=O)Cc3ccccc3C(F)(F)F)cc2)o1.CCCCc1nnc(-c2ccc(CC(=O)Cc3ccccc3C(F)(F)F)cc2)s1. The summed E-state index contributed by atoms with van der Waals surface area (Å²) in [7, 11) is 0. The molecule has 9 aromatic carbocycles. The molecule has 0 unspecified atom stereocenters. The van der Waals surface area contributed by atoms with Gasteiger partial charge in [0.1, 0.15) is 56.4 Å². The lowest BCUT2D eigenvalue weighted by Crippen LogP contribution is -2.13. The van der Waals surface area contributed by atoms with Gasteiger partial charge < -0.3 is 9.21 Å². The zero-order valence-corrected chi connectivity index (χ0v) is 82.4. The molecule has 0 atom stereocenters. The molecule has 0 aliphatic carbocycles. The molecule has 0 radical (unpaired) electrons. The van der Waals surface area contributed by atoms with E-state index in [0.29, 0.717) is 54.4 Å². The summed E-state index contributed by atoms with van der Waals surface area (Å²) in [6, 6.07) is 60.3. The van der Waals surface area contributed by atoms with Crippen LogP contribution in [-0.2, 0) is 150 Å². The number of halogens is 10. The van der Waals surface area contributed by atoms with E-state index in [1.807, 2.05) is 116 Å². The van der Waals surface area contributed by atoms with Gasteiger partial charge in [0.2, 0.25) is 11.8 Å². The van der Waals surface area contributed by atoms with E-state index in [2.05, 4.69) is 102 Å². The number of nitrogens with one attached hydrogen (secondary N) is 1. The molecule has 0 amide bonds. The summed E-state index contributed by atoms with van der Waals surface area (Å²) in [5.74, 6) is 1.58. The summed E-state index contributed by atoms with van der Waals surface area (Å²) >= 11 is 1.56. The van der Waals surface area contributed by atoms with Crippen molar-refractivity contribution in [2.75, 3.05) is 0 Å². The van der Waals surface area contributed by atoms with Gasteiger partial charge in [-0.1, -0.05) is 246 Å². The van der Waals surface area contributed by atoms with Crippen LogP contribution < -0.4 is 0 Å². The van der Waals surface area contributed by atoms with Gasteiger partial charge in [0.15, 0.2) is 5.82 Å². The van der Waals surface area contributed by atoms with Crippen molar-refractivity contribution in [3.05, 3.63) is 361 Å². The van der Waals surface area contributed by atoms with Gasteiger partial charge in [0.25, 0.3) is 0 Å². The average molecular weight is 1990 g/mol. The molecule has 6 aromatic heterocycles. The highest BCUT2D eigenvalue weighted by Gasteiger charge is 2.36. The minimum Gasteiger partial charge on any atom is -0.421 e. The predicted molar refractivity (Wildman–Crippen MR) is 533 cm³/mol. The fourth-order valence-corrected chi connectivity index (χ4v) is 16.3. The highest BCUT2D eigenvalue weighted by atomic mass is 32.1. The van der Waals surface area contributed by atoms with Crippen molar-refractivity contribution >= 4 is 46.0 Å². The number of rotatable bonds is 43. The Morgan fingerprint density at radius 2 is 0.778 bits per heavy atom. The van der Waals surface area contributed by atoms with Gasteiger partial charge in [-0.15, -0.1) is 30.6 Å². The molecule has 752 valence electrons. The van der Waals surface area contributed by atoms with Gasteiger partial charge in [-0.2, -0.15) is 44.6 Å². The number of benzene rings is 9. The fraction of sp³-hybridized carbons (Fsp3) is 0.330. The average Bonchev–Trinajstić information content (AvgIpc) is 1.82. The molecule has 0 spiro atoms. The van der Waals surface area contributed by atoms with Crippen molar-refractivity contribution in [2.45, 2.75) is 240 Å². The highest BCUT2D eigenvalue weighted by Crippen LogP contribution is 2.36. The quantitative estimate of drug-likeness (QED) is 0.0347. The summed E-state index contributed by atoms with van der Waals surface area (Å²) in [6.07, 6.45) is 10.3. The van der Waals surface area contributed by atoms with Crippen LogP contribution in [0.3, 0.4) is 0 Å². The molecule has 1 N–H and O–H groups in total. The molecule has 0 fully saturated rings. The van der Waals surface area contributed by atoms with E-state index in [0.717, 1.165) is 221 Å². The lowest BCUT2D eigenvalue weighted by molar-refractivity contribution is -0.139. The Morgan fingerprint density at radius 3 is 1.22 bits per heavy atom. The van der Waals surface area contributed by atoms with Crippen molar-refractivity contribution < 1.29 is 77.1 Å². The van der Waals surface area contributed by atoms with Crippen molar-refractivity contribution in [3.8, 4) is 44.8 Å². The Bertz CT molecular complexity index is 6270. The molecule has 0 aliphatic heterocycles. The maximum atomic E-state index is 13.1. The minimum absolute atomic E-state index is 0.00181. The van der Waals surface area contributed by atoms with Crippen LogP contribution in [0.4, 0.5) is 43.9 Å². The van der Waals surface area contributed by atoms with E-state index in [4.69, 9.17) is 4.42 Å². The standard InChI is InChI=1S/C26H31N3O2.C22H22F3N3O.C22H21F3N2O2.C22H21F3N2OS.C20H21FN4O/c1-4-5-6-24-18-29(28-27-24)25-13-11-22(12-14-25)16-26(31)17-23-15-21(9-7-19(23)2)10-8-20(3)30;1-2-3-8-20-26-21(28-27-20)16-11-9-15(10-12-16)13-18(29)14-17-6-4-5-7-19(17)22(23,24)25;2*1-2-3-8-20-26-27-21(29-20)16-11-9-15(10-12-16)13-18(28)14-17-6-4-5-7-19(17)22(23,24)25;1-2-3-4-18-14-25(24-23-18)19-7-5-15(6-8-19)10-20(26)11-16-9-17(21)13-22-12-16/h7,9,11-15,18H,4-6,8,10,16-17H2,1-3H3;4-7,9-12H,2-3,8,13-14H2,1H3,(H,26,27,28);2*4-7,9-12H,2-3,8,13-14H2,1H3;5-9,12-14H,2-4,10-11H2,1H3. The number of alkyl halides is 9. The normalized spacial score (nSPS) is 11.3. The van der Waals surface area contributed by atoms with Gasteiger partial charge in [0.05, 0.1) is 58.0 Å². The predicted octanol–water partition coefficient (Wildman–Crippen LogP) is 24.9. The summed E-state index contributed by atoms with van der Waals surface area (Å²) in [5, 5.41) is 42.2. The van der Waals surface area contributed by atoms with Gasteiger partial charge in [-0.3, -0.25) is 34.1 Å². The zero-order valence-electron chi connectivity index (χ0n) is 81.5. The second-order valence-corrected chi connectivity index (χ2v) is 36.3. The Balaban J connectivity index is 0.000000172. The number of aryl methyl sites for hydroxylation is 7. The van der Waals surface area contributed by atoms with Crippen molar-refractivity contribution in [2.24, 2.45) is 0 Å². The van der Waals surface area contributed by atoms with Crippen molar-refractivity contribution in [1.29, 1.82) is 0 Å². The third-order valence-electron chi connectivity index (χ3n) is 23.3. The van der Waals surface area contributed by atoms with E-state index in [1.165, 1.54) is 66.9 Å². The first-order chi connectivity index (χ1) is 69.2. The number of H-pyrrole nitrogens is 1. The topological polar surface area (TPSA) is 283 Å². The smallest absolute Gasteiger partial charge is 0.416 e. The number of ketones is 6. The Hall–Kier alpha value is -14.4. The summed E-state index contributed by atoms with van der Waals surface area (Å²) in [5.41, 5.74) is 12.0. The lowest BCUT2D eigenvalue weighted by Gasteiger charge is -2.12. The van der Waals surface area contributed by atoms with Crippen LogP contribution in [0.1, 0.15) is 224 Å². The van der Waals surface area contributed by atoms with Crippen LogP contribution in [0, 0.1) is 12.7 Å². The molecule has 0 saturated heterocycles. The van der Waals surface area contributed by atoms with Crippen LogP contribution in [0.15, 0.2) is 248 Å². The fourth-order valence-electron chi connectivity index (χ4n) is 15.4. The van der Waals surface area contributed by atoms with Gasteiger partial charge in [0, 0.05) is 113 Å². The molecular weight excluding hydrogens is 1880 g/mol. The monoisotopic (exact) mass is 1990 g/mol. The van der Waals surface area contributed by atoms with Crippen molar-refractivity contribution in [3.63, 3.8) is 0 Å². The molecule has 0 bridgehead atoms. The van der Waals surface area contributed by atoms with Crippen LogP contribution in [0.5, 0.6) is 0 Å². The van der Waals surface area contributed by atoms with Crippen LogP contribution >= 0.6 is 11.3 Å². The summed E-state index contributed by atoms with van der Waals surface area (Å²) in [4.78, 5) is 81.3. The van der Waals surface area contributed by atoms with Crippen molar-refractivity contribution in [1.82, 2.24) is 70.5 Å². The molecule has 6 heterocycles. The number of aromatic amines is 1. The Morgan fingerprint density at radius 1 is 0.382 bits per heavy atom. The number of nitrogens with zero attached hydrogens (tertiary/aromatic N) is 13. The Kier molecular flexibility index (Phi) is 41.8. The van der Waals surface area contributed by atoms with Gasteiger partial charge in [-0.25, -0.2) is 18.7 Å². The molecule has 0 aliphatic rings. The first-order valence-electron chi connectivity index (χ1n) is 48.2. The maximum Gasteiger partial charge on any atom is 0.416 e. The van der Waals surface area contributed by atoms with E-state index in [-0.39, 0.29) is 96.3 Å². The maximum absolute atomic E-state index is 13.1. The first kappa shape index (κ1) is 110. The second-order valence-electron chi connectivity index (χ2n) is 35.3. The van der Waals surface area contributed by atoms with Crippen LogP contribution in [0.2, 0.25) is 0 Å². The minimum atomic E-state index is -4.47. The molecule has 144 heavy (non-hydrogen) atoms. The van der Waals surface area contributed by atoms with E-state index in [9.17, 15) is 72.7 Å². The molecule has 21 nitrogen and oxygen atoms in total. The van der Waals surface area contributed by atoms with E-state index in [1.54, 1.807) is 64.0 Å². The van der Waals surface area contributed by atoms with Crippen LogP contribution in [0.25, 0.3) is 44.8 Å². The molecular formula is C112H116F10N14O7S. The van der Waals surface area contributed by atoms with E-state index >= 15 is 0 Å². The summed E-state index contributed by atoms with van der Waals surface area (Å²) < 4.78 is 140. The van der Waals surface area contributed by atoms with Gasteiger partial charge >= 0.3 is 18.5 Å². The molecule has 32 heteroatoms. The number of aromatic nitrogens is 14. The number of carbonyl (C=O) groups is 6. The number of hydrogen-bond donors (Lipinski definition) is 1. The molecule has 0 saturated carbocycles. The second kappa shape index (κ2) is 54.7. The number of Topliss-reactive ketones (excluding diaryl/α,β-unsaturated/α-hetero) is 6. The molecule has 15 rings (SSSR count). The summed E-state index contributed by atoms with van der Waals surface area (Å²) in [6.45, 7) is 14.3. The highest BCUT2D eigenvalue weighted by molar-refractivity contribution is 7.14. The van der Waals surface area contributed by atoms with Gasteiger partial charge in [-0.05, 0) is 193 Å². The zero-order chi connectivity index (χ0) is 103. The Labute approximate surface area is 834 Å². The number of pyridine rings is 1. The number of unbranched alkanes of at least 4 members (excludes halogenated alkanes) is 5. The largest absolute Gasteiger partial charge is 0.421 e. The van der Waals surface area contributed by atoms with Crippen LogP contribution in [-0.4, -0.2) is 105 Å². The number of hydrogen-bond acceptors (Lipinski definition) is 19. The third-order valence-corrected chi connectivity index (χ3v) is 24.3.